The van der Waals surface area contributed by atoms with Gasteiger partial charge in [0.2, 0.25) is 6.79 Å². The topological polar surface area (TPSA) is 82.5 Å². The Bertz CT molecular complexity index is 1210. The highest BCUT2D eigenvalue weighted by atomic mass is 35.5. The molecule has 0 aliphatic carbocycles. The van der Waals surface area contributed by atoms with Gasteiger partial charge in [-0.05, 0) is 56.3 Å². The molecular formula is C21H17Cl2N3O4. The van der Waals surface area contributed by atoms with Gasteiger partial charge in [0.05, 0.1) is 16.4 Å². The number of carbonyl (C=O) groups excluding carboxylic acids is 1. The molecule has 0 radical (unpaired) electrons. The summed E-state index contributed by atoms with van der Waals surface area (Å²) in [4.78, 5) is 25.5. The molecular weight excluding hydrogens is 429 g/mol. The number of carbonyl (C=O) groups is 1. The minimum atomic E-state index is -1.30. The maximum absolute atomic E-state index is 13.0. The van der Waals surface area contributed by atoms with Crippen LogP contribution in [0.5, 0.6) is 11.5 Å². The molecule has 1 aromatic heterocycles. The molecule has 1 amide bonds. The average molecular weight is 446 g/mol. The monoisotopic (exact) mass is 445 g/mol. The summed E-state index contributed by atoms with van der Waals surface area (Å²) < 4.78 is 11.9. The number of hydrogen-bond donors (Lipinski definition) is 1. The van der Waals surface area contributed by atoms with E-state index in [1.165, 1.54) is 12.1 Å². The molecule has 1 aliphatic heterocycles. The molecule has 0 fully saturated rings. The number of ether oxygens (including phenoxy) is 2. The fourth-order valence-electron chi connectivity index (χ4n) is 2.98. The van der Waals surface area contributed by atoms with Crippen LogP contribution in [0, 0.1) is 0 Å². The Morgan fingerprint density at radius 2 is 1.83 bits per heavy atom. The molecule has 0 unspecified atom stereocenters. The van der Waals surface area contributed by atoms with Gasteiger partial charge in [0.15, 0.2) is 11.5 Å². The predicted octanol–water partition coefficient (Wildman–Crippen LogP) is 4.32. The van der Waals surface area contributed by atoms with Crippen molar-refractivity contribution in [2.24, 2.45) is 0 Å². The fourth-order valence-corrected chi connectivity index (χ4v) is 3.44. The third kappa shape index (κ3) is 3.74. The standard InChI is InChI=1S/C21H17Cl2N3O4/c1-21(2,20(28)24-16-5-4-13(22)10-14(16)23)26-19(27)8-6-15(25-26)12-3-7-17-18(9-12)30-11-29-17/h3-10H,11H2,1-2H3,(H,24,28). The predicted molar refractivity (Wildman–Crippen MR) is 114 cm³/mol. The Morgan fingerprint density at radius 3 is 2.60 bits per heavy atom. The van der Waals surface area contributed by atoms with Crippen LogP contribution in [-0.2, 0) is 10.3 Å². The van der Waals surface area contributed by atoms with Crippen molar-refractivity contribution in [1.29, 1.82) is 0 Å². The van der Waals surface area contributed by atoms with E-state index in [2.05, 4.69) is 10.4 Å². The van der Waals surface area contributed by atoms with Gasteiger partial charge in [-0.2, -0.15) is 5.10 Å². The molecule has 0 saturated heterocycles. The highest BCUT2D eigenvalue weighted by Crippen LogP contribution is 2.35. The van der Waals surface area contributed by atoms with E-state index in [1.54, 1.807) is 44.2 Å². The van der Waals surface area contributed by atoms with Gasteiger partial charge >= 0.3 is 0 Å². The number of amides is 1. The van der Waals surface area contributed by atoms with E-state index in [0.29, 0.717) is 32.9 Å². The second kappa shape index (κ2) is 7.66. The van der Waals surface area contributed by atoms with Crippen LogP contribution >= 0.6 is 23.2 Å². The highest BCUT2D eigenvalue weighted by molar-refractivity contribution is 6.36. The third-order valence-corrected chi connectivity index (χ3v) is 5.28. The van der Waals surface area contributed by atoms with Gasteiger partial charge in [0.1, 0.15) is 5.54 Å². The van der Waals surface area contributed by atoms with E-state index < -0.39 is 17.0 Å². The third-order valence-electron chi connectivity index (χ3n) is 4.73. The van der Waals surface area contributed by atoms with Crippen molar-refractivity contribution < 1.29 is 14.3 Å². The minimum absolute atomic E-state index is 0.159. The summed E-state index contributed by atoms with van der Waals surface area (Å²) in [7, 11) is 0. The first kappa shape index (κ1) is 20.3. The van der Waals surface area contributed by atoms with Gasteiger partial charge in [-0.25, -0.2) is 4.68 Å². The van der Waals surface area contributed by atoms with E-state index in [4.69, 9.17) is 32.7 Å². The van der Waals surface area contributed by atoms with Gasteiger partial charge in [-0.3, -0.25) is 9.59 Å². The molecule has 30 heavy (non-hydrogen) atoms. The summed E-state index contributed by atoms with van der Waals surface area (Å²) in [5, 5.41) is 7.91. The second-order valence-electron chi connectivity index (χ2n) is 7.17. The van der Waals surface area contributed by atoms with Crippen molar-refractivity contribution in [2.45, 2.75) is 19.4 Å². The lowest BCUT2D eigenvalue weighted by molar-refractivity contribution is -0.123. The van der Waals surface area contributed by atoms with E-state index >= 15 is 0 Å². The molecule has 0 saturated carbocycles. The van der Waals surface area contributed by atoms with Crippen molar-refractivity contribution in [3.05, 3.63) is 68.9 Å². The zero-order valence-electron chi connectivity index (χ0n) is 16.1. The summed E-state index contributed by atoms with van der Waals surface area (Å²) in [6.07, 6.45) is 0. The quantitative estimate of drug-likeness (QED) is 0.646. The van der Waals surface area contributed by atoms with Crippen LogP contribution in [0.3, 0.4) is 0 Å². The molecule has 154 valence electrons. The summed E-state index contributed by atoms with van der Waals surface area (Å²) >= 11 is 12.0. The largest absolute Gasteiger partial charge is 0.454 e. The SMILES string of the molecule is CC(C)(C(=O)Nc1ccc(Cl)cc1Cl)n1nc(-c2ccc3c(c2)OCO3)ccc1=O. The van der Waals surface area contributed by atoms with Crippen LogP contribution in [0.15, 0.2) is 53.3 Å². The number of nitrogens with one attached hydrogen (secondary N) is 1. The molecule has 3 aromatic rings. The number of aromatic nitrogens is 2. The van der Waals surface area contributed by atoms with Crippen molar-refractivity contribution in [1.82, 2.24) is 9.78 Å². The van der Waals surface area contributed by atoms with Crippen molar-refractivity contribution in [3.8, 4) is 22.8 Å². The summed E-state index contributed by atoms with van der Waals surface area (Å²) in [5.74, 6) is 0.789. The number of hydrogen-bond acceptors (Lipinski definition) is 5. The molecule has 0 atom stereocenters. The Hall–Kier alpha value is -3.03. The normalized spacial score (nSPS) is 12.7. The Kier molecular flexibility index (Phi) is 5.17. The first-order valence-electron chi connectivity index (χ1n) is 9.03. The highest BCUT2D eigenvalue weighted by Gasteiger charge is 2.33. The van der Waals surface area contributed by atoms with E-state index in [-0.39, 0.29) is 6.79 Å². The first-order chi connectivity index (χ1) is 14.3. The fraction of sp³-hybridized carbons (Fsp3) is 0.190. The maximum Gasteiger partial charge on any atom is 0.267 e. The van der Waals surface area contributed by atoms with Crippen LogP contribution in [0.2, 0.25) is 10.0 Å². The molecule has 2 aromatic carbocycles. The number of rotatable bonds is 4. The molecule has 1 aliphatic rings. The molecule has 0 spiro atoms. The first-order valence-corrected chi connectivity index (χ1v) is 9.79. The van der Waals surface area contributed by atoms with Crippen LogP contribution in [0.1, 0.15) is 13.8 Å². The lowest BCUT2D eigenvalue weighted by Crippen LogP contribution is -2.47. The van der Waals surface area contributed by atoms with Crippen LogP contribution in [0.25, 0.3) is 11.3 Å². The van der Waals surface area contributed by atoms with Crippen LogP contribution < -0.4 is 20.3 Å². The van der Waals surface area contributed by atoms with Crippen molar-refractivity contribution in [2.75, 3.05) is 12.1 Å². The summed E-state index contributed by atoms with van der Waals surface area (Å²) in [5.41, 5.74) is -0.0870. The lowest BCUT2D eigenvalue weighted by atomic mass is 10.0. The number of halogens is 2. The molecule has 1 N–H and O–H groups in total. The molecule has 9 heteroatoms. The molecule has 2 heterocycles. The number of nitrogens with zero attached hydrogens (tertiary/aromatic N) is 2. The number of anilines is 1. The van der Waals surface area contributed by atoms with E-state index in [0.717, 1.165) is 10.2 Å². The van der Waals surface area contributed by atoms with Gasteiger partial charge in [-0.15, -0.1) is 0 Å². The Labute approximate surface area is 182 Å². The van der Waals surface area contributed by atoms with Gasteiger partial charge < -0.3 is 14.8 Å². The van der Waals surface area contributed by atoms with Gasteiger partial charge in [-0.1, -0.05) is 23.2 Å². The van der Waals surface area contributed by atoms with Crippen molar-refractivity contribution >= 4 is 34.8 Å². The molecule has 4 rings (SSSR count). The molecule has 0 bridgehead atoms. The summed E-state index contributed by atoms with van der Waals surface area (Å²) in [6.45, 7) is 3.36. The van der Waals surface area contributed by atoms with E-state index in [9.17, 15) is 9.59 Å². The van der Waals surface area contributed by atoms with Gasteiger partial charge in [0, 0.05) is 16.7 Å². The summed E-state index contributed by atoms with van der Waals surface area (Å²) in [6, 6.07) is 13.1. The second-order valence-corrected chi connectivity index (χ2v) is 8.02. The van der Waals surface area contributed by atoms with Crippen molar-refractivity contribution in [3.63, 3.8) is 0 Å². The zero-order valence-corrected chi connectivity index (χ0v) is 17.6. The number of fused-ring (bicyclic) bond motifs is 1. The molecule has 7 nitrogen and oxygen atoms in total. The zero-order chi connectivity index (χ0) is 21.5. The number of benzene rings is 2. The maximum atomic E-state index is 13.0. The average Bonchev–Trinajstić information content (AvgIpc) is 3.18. The van der Waals surface area contributed by atoms with Gasteiger partial charge in [0.25, 0.3) is 11.5 Å². The minimum Gasteiger partial charge on any atom is -0.454 e. The van der Waals surface area contributed by atoms with Crippen LogP contribution in [-0.4, -0.2) is 22.5 Å². The Morgan fingerprint density at radius 1 is 1.07 bits per heavy atom. The Balaban J connectivity index is 1.67. The smallest absolute Gasteiger partial charge is 0.267 e. The lowest BCUT2D eigenvalue weighted by Gasteiger charge is -2.25. The van der Waals surface area contributed by atoms with Crippen LogP contribution in [0.4, 0.5) is 5.69 Å². The van der Waals surface area contributed by atoms with E-state index in [1.807, 2.05) is 6.07 Å².